The van der Waals surface area contributed by atoms with Crippen LogP contribution in [0.5, 0.6) is 0 Å². The molecule has 2 rings (SSSR count). The summed E-state index contributed by atoms with van der Waals surface area (Å²) in [6.45, 7) is 0. The van der Waals surface area contributed by atoms with Gasteiger partial charge in [-0.05, 0) is 0 Å². The average molecular weight is 216 g/mol. The summed E-state index contributed by atoms with van der Waals surface area (Å²) in [5.74, 6) is 1.57. The topological polar surface area (TPSA) is 51.8 Å². The van der Waals surface area contributed by atoms with Crippen LogP contribution >= 0.6 is 22.9 Å². The van der Waals surface area contributed by atoms with E-state index in [1.54, 1.807) is 11.7 Å². The van der Waals surface area contributed by atoms with Crippen molar-refractivity contribution in [2.24, 2.45) is 0 Å². The minimum Gasteiger partial charge on any atom is -0.420 e. The van der Waals surface area contributed by atoms with Crippen LogP contribution in [0.4, 0.5) is 0 Å². The lowest BCUT2D eigenvalue weighted by atomic mass is 10.5. The highest BCUT2D eigenvalue weighted by Gasteiger charge is 2.08. The first-order valence-corrected chi connectivity index (χ1v) is 5.09. The fourth-order valence-electron chi connectivity index (χ4n) is 0.856. The molecular weight excluding hydrogens is 210 g/mol. The number of halogens is 1. The van der Waals surface area contributed by atoms with Gasteiger partial charge in [-0.2, -0.15) is 0 Å². The smallest absolute Gasteiger partial charge is 0.259 e. The predicted molar refractivity (Wildman–Crippen MR) is 49.8 cm³/mol. The number of alkyl halides is 1. The molecule has 4 nitrogen and oxygen atoms in total. The van der Waals surface area contributed by atoms with E-state index >= 15 is 0 Å². The molecule has 13 heavy (non-hydrogen) atoms. The van der Waals surface area contributed by atoms with Crippen LogP contribution in [-0.4, -0.2) is 21.1 Å². The fourth-order valence-corrected chi connectivity index (χ4v) is 1.56. The van der Waals surface area contributed by atoms with Crippen LogP contribution in [0.3, 0.4) is 0 Å². The van der Waals surface area contributed by atoms with Gasteiger partial charge in [0, 0.05) is 12.3 Å². The molecule has 0 unspecified atom stereocenters. The number of hydrogen-bond donors (Lipinski definition) is 0. The van der Waals surface area contributed by atoms with Crippen LogP contribution in [0, 0.1) is 0 Å². The van der Waals surface area contributed by atoms with Gasteiger partial charge in [-0.25, -0.2) is 0 Å². The van der Waals surface area contributed by atoms with Crippen LogP contribution in [0.2, 0.25) is 0 Å². The molecule has 0 atom stereocenters. The Labute approximate surface area is 83.6 Å². The first kappa shape index (κ1) is 8.65. The molecule has 0 aliphatic carbocycles. The van der Waals surface area contributed by atoms with Crippen molar-refractivity contribution in [3.63, 3.8) is 0 Å². The van der Waals surface area contributed by atoms with Crippen molar-refractivity contribution in [1.29, 1.82) is 0 Å². The quantitative estimate of drug-likeness (QED) is 0.735. The summed E-state index contributed by atoms with van der Waals surface area (Å²) >= 11 is 7.00. The molecule has 0 spiro atoms. The van der Waals surface area contributed by atoms with Gasteiger partial charge in [-0.1, -0.05) is 0 Å². The highest BCUT2D eigenvalue weighted by molar-refractivity contribution is 7.13. The number of aromatic nitrogens is 3. The van der Waals surface area contributed by atoms with Crippen molar-refractivity contribution in [2.75, 3.05) is 5.88 Å². The van der Waals surface area contributed by atoms with Crippen molar-refractivity contribution < 1.29 is 4.42 Å². The van der Waals surface area contributed by atoms with Crippen molar-refractivity contribution >= 4 is 22.9 Å². The molecule has 6 heteroatoms. The van der Waals surface area contributed by atoms with E-state index in [4.69, 9.17) is 16.0 Å². The largest absolute Gasteiger partial charge is 0.420 e. The lowest BCUT2D eigenvalue weighted by Crippen LogP contribution is -1.84. The molecule has 2 heterocycles. The number of rotatable bonds is 3. The van der Waals surface area contributed by atoms with Crippen molar-refractivity contribution in [3.05, 3.63) is 17.6 Å². The highest BCUT2D eigenvalue weighted by Crippen LogP contribution is 2.21. The van der Waals surface area contributed by atoms with E-state index in [0.29, 0.717) is 24.1 Å². The Morgan fingerprint density at radius 3 is 3.08 bits per heavy atom. The molecule has 2 aromatic rings. The number of thiazole rings is 1. The molecule has 0 aromatic carbocycles. The Kier molecular flexibility index (Phi) is 2.56. The summed E-state index contributed by atoms with van der Waals surface area (Å²) in [4.78, 5) is 4.80. The molecule has 0 fully saturated rings. The normalized spacial score (nSPS) is 10.5. The second-order valence-electron chi connectivity index (χ2n) is 2.31. The van der Waals surface area contributed by atoms with Gasteiger partial charge in [0.15, 0.2) is 0 Å². The molecule has 0 saturated carbocycles. The summed E-state index contributed by atoms with van der Waals surface area (Å²) in [5, 5.41) is 7.71. The van der Waals surface area contributed by atoms with Gasteiger partial charge in [0.05, 0.1) is 11.7 Å². The summed E-state index contributed by atoms with van der Waals surface area (Å²) in [6, 6.07) is 0. The summed E-state index contributed by atoms with van der Waals surface area (Å²) in [5.41, 5.74) is 1.72. The monoisotopic (exact) mass is 215 g/mol. The summed E-state index contributed by atoms with van der Waals surface area (Å²) in [6.07, 6.45) is 2.30. The zero-order chi connectivity index (χ0) is 9.10. The van der Waals surface area contributed by atoms with Gasteiger partial charge in [0.2, 0.25) is 5.89 Å². The van der Waals surface area contributed by atoms with Crippen LogP contribution in [0.15, 0.2) is 16.1 Å². The van der Waals surface area contributed by atoms with Crippen LogP contribution < -0.4 is 0 Å². The second-order valence-corrected chi connectivity index (χ2v) is 3.57. The van der Waals surface area contributed by atoms with Crippen LogP contribution in [0.1, 0.15) is 5.89 Å². The Morgan fingerprint density at radius 2 is 2.38 bits per heavy atom. The highest BCUT2D eigenvalue weighted by atomic mass is 35.5. The molecule has 0 aliphatic heterocycles. The first-order valence-electron chi connectivity index (χ1n) is 3.67. The van der Waals surface area contributed by atoms with E-state index < -0.39 is 0 Å². The van der Waals surface area contributed by atoms with Gasteiger partial charge in [-0.15, -0.1) is 33.1 Å². The Balaban J connectivity index is 2.23. The van der Waals surface area contributed by atoms with E-state index in [1.165, 1.54) is 11.3 Å². The molecule has 0 N–H and O–H groups in total. The SMILES string of the molecule is ClCCc1nnc(-c2cncs2)o1. The Morgan fingerprint density at radius 1 is 1.46 bits per heavy atom. The minimum absolute atomic E-state index is 0.490. The molecule has 0 bridgehead atoms. The van der Waals surface area contributed by atoms with E-state index in [-0.39, 0.29) is 0 Å². The fraction of sp³-hybridized carbons (Fsp3) is 0.286. The van der Waals surface area contributed by atoms with Crippen LogP contribution in [0.25, 0.3) is 10.8 Å². The predicted octanol–water partition coefficient (Wildman–Crippen LogP) is 1.97. The maximum Gasteiger partial charge on any atom is 0.259 e. The first-order chi connectivity index (χ1) is 6.40. The van der Waals surface area contributed by atoms with E-state index in [2.05, 4.69) is 15.2 Å². The van der Waals surface area contributed by atoms with E-state index in [1.807, 2.05) is 0 Å². The van der Waals surface area contributed by atoms with Crippen molar-refractivity contribution in [1.82, 2.24) is 15.2 Å². The third kappa shape index (κ3) is 1.87. The zero-order valence-corrected chi connectivity index (χ0v) is 8.18. The Bertz CT molecular complexity index is 373. The third-order valence-electron chi connectivity index (χ3n) is 1.42. The van der Waals surface area contributed by atoms with Gasteiger partial charge >= 0.3 is 0 Å². The zero-order valence-electron chi connectivity index (χ0n) is 6.61. The van der Waals surface area contributed by atoms with E-state index in [9.17, 15) is 0 Å². The summed E-state index contributed by atoms with van der Waals surface area (Å²) < 4.78 is 5.33. The number of aryl methyl sites for hydroxylation is 1. The maximum absolute atomic E-state index is 5.53. The molecule has 68 valence electrons. The van der Waals surface area contributed by atoms with Gasteiger partial charge in [-0.3, -0.25) is 4.98 Å². The maximum atomic E-state index is 5.53. The average Bonchev–Trinajstić information content (AvgIpc) is 2.70. The molecule has 2 aromatic heterocycles. The van der Waals surface area contributed by atoms with E-state index in [0.717, 1.165) is 4.88 Å². The molecule has 0 saturated heterocycles. The molecule has 0 radical (unpaired) electrons. The lowest BCUT2D eigenvalue weighted by Gasteiger charge is -1.85. The number of hydrogen-bond acceptors (Lipinski definition) is 5. The Hall–Kier alpha value is -0.940. The number of nitrogens with zero attached hydrogens (tertiary/aromatic N) is 3. The third-order valence-corrected chi connectivity index (χ3v) is 2.37. The standard InChI is InChI=1S/C7H6ClN3OS/c8-2-1-6-10-11-7(12-6)5-3-9-4-13-5/h3-4H,1-2H2. The van der Waals surface area contributed by atoms with Crippen LogP contribution in [-0.2, 0) is 6.42 Å². The van der Waals surface area contributed by atoms with Crippen molar-refractivity contribution in [3.8, 4) is 10.8 Å². The molecule has 0 aliphatic rings. The second kappa shape index (κ2) is 3.85. The molecule has 0 amide bonds. The van der Waals surface area contributed by atoms with Crippen molar-refractivity contribution in [2.45, 2.75) is 6.42 Å². The molecular formula is C7H6ClN3OS. The lowest BCUT2D eigenvalue weighted by molar-refractivity contribution is 0.514. The van der Waals surface area contributed by atoms with Gasteiger partial charge in [0.25, 0.3) is 5.89 Å². The minimum atomic E-state index is 0.490. The van der Waals surface area contributed by atoms with Gasteiger partial charge < -0.3 is 4.42 Å². The summed E-state index contributed by atoms with van der Waals surface area (Å²) in [7, 11) is 0. The van der Waals surface area contributed by atoms with Gasteiger partial charge in [0.1, 0.15) is 4.88 Å².